The van der Waals surface area contributed by atoms with Crippen LogP contribution >= 0.6 is 22.6 Å². The van der Waals surface area contributed by atoms with Gasteiger partial charge in [0.25, 0.3) is 0 Å². The highest BCUT2D eigenvalue weighted by atomic mass is 127. The van der Waals surface area contributed by atoms with E-state index in [0.717, 1.165) is 16.4 Å². The topological polar surface area (TPSA) is 0 Å². The maximum atomic E-state index is 3.09. The molecule has 0 saturated carbocycles. The Morgan fingerprint density at radius 1 is 1.18 bits per heavy atom. The Bertz CT molecular complexity index is 253. The van der Waals surface area contributed by atoms with Crippen LogP contribution in [0.2, 0.25) is 0 Å². The van der Waals surface area contributed by atoms with Crippen molar-refractivity contribution in [2.75, 3.05) is 4.43 Å². The third-order valence-electron chi connectivity index (χ3n) is 1.23. The molecule has 0 amide bonds. The van der Waals surface area contributed by atoms with Crippen molar-refractivity contribution in [1.82, 2.24) is 0 Å². The van der Waals surface area contributed by atoms with Crippen LogP contribution in [0.4, 0.5) is 0 Å². The van der Waals surface area contributed by atoms with E-state index in [0.29, 0.717) is 0 Å². The highest BCUT2D eigenvalue weighted by molar-refractivity contribution is 14.1. The second-order valence-electron chi connectivity index (χ2n) is 2.11. The Labute approximate surface area is 81.2 Å². The van der Waals surface area contributed by atoms with Gasteiger partial charge in [0.2, 0.25) is 0 Å². The first-order chi connectivity index (χ1) is 5.43. The van der Waals surface area contributed by atoms with Gasteiger partial charge in [0, 0.05) is 16.4 Å². The van der Waals surface area contributed by atoms with E-state index in [1.54, 1.807) is 0 Å². The van der Waals surface area contributed by atoms with Crippen LogP contribution in [0.3, 0.4) is 0 Å². The van der Waals surface area contributed by atoms with Crippen molar-refractivity contribution in [3.05, 3.63) is 35.9 Å². The molecule has 0 radical (unpaired) electrons. The van der Waals surface area contributed by atoms with E-state index in [-0.39, 0.29) is 0 Å². The fourth-order valence-corrected chi connectivity index (χ4v) is 1.00. The van der Waals surface area contributed by atoms with E-state index in [4.69, 9.17) is 0 Å². The quantitative estimate of drug-likeness (QED) is 0.411. The molecule has 0 spiro atoms. The second kappa shape index (κ2) is 5.20. The Morgan fingerprint density at radius 3 is 2.55 bits per heavy atom. The van der Waals surface area contributed by atoms with Crippen LogP contribution in [0, 0.1) is 11.8 Å². The minimum absolute atomic E-state index is 0.982. The summed E-state index contributed by atoms with van der Waals surface area (Å²) in [6, 6.07) is 10.1. The molecule has 0 heterocycles. The van der Waals surface area contributed by atoms with Gasteiger partial charge < -0.3 is 0 Å². The van der Waals surface area contributed by atoms with Gasteiger partial charge in [-0.05, 0) is 12.1 Å². The first-order valence-electron chi connectivity index (χ1n) is 3.53. The van der Waals surface area contributed by atoms with E-state index >= 15 is 0 Å². The van der Waals surface area contributed by atoms with Crippen LogP contribution in [0.25, 0.3) is 0 Å². The summed E-state index contributed by atoms with van der Waals surface area (Å²) in [5, 5.41) is 0. The summed E-state index contributed by atoms with van der Waals surface area (Å²) in [6.07, 6.45) is 0.982. The molecule has 0 aromatic heterocycles. The molecule has 1 heteroatoms. The standard InChI is InChI=1S/C10H9I/c11-9-5-4-8-10-6-2-1-3-7-10/h1-3,6-7H,5,9H2. The van der Waals surface area contributed by atoms with E-state index in [2.05, 4.69) is 34.4 Å². The Hall–Kier alpha value is -0.490. The molecule has 0 aliphatic heterocycles. The zero-order chi connectivity index (χ0) is 7.94. The summed E-state index contributed by atoms with van der Waals surface area (Å²) < 4.78 is 1.11. The largest absolute Gasteiger partial charge is 0.0971 e. The lowest BCUT2D eigenvalue weighted by molar-refractivity contribution is 1.33. The number of hydrogen-bond donors (Lipinski definition) is 0. The van der Waals surface area contributed by atoms with Gasteiger partial charge in [-0.25, -0.2) is 0 Å². The smallest absolute Gasteiger partial charge is 0.0245 e. The molecule has 1 aromatic carbocycles. The van der Waals surface area contributed by atoms with Crippen molar-refractivity contribution in [3.63, 3.8) is 0 Å². The molecule has 0 nitrogen and oxygen atoms in total. The van der Waals surface area contributed by atoms with Crippen molar-refractivity contribution >= 4 is 22.6 Å². The number of rotatable bonds is 1. The van der Waals surface area contributed by atoms with E-state index < -0.39 is 0 Å². The van der Waals surface area contributed by atoms with Crippen LogP contribution < -0.4 is 0 Å². The molecular weight excluding hydrogens is 247 g/mol. The first-order valence-corrected chi connectivity index (χ1v) is 5.06. The molecule has 0 saturated heterocycles. The second-order valence-corrected chi connectivity index (χ2v) is 3.19. The average molecular weight is 256 g/mol. The van der Waals surface area contributed by atoms with Crippen LogP contribution in [-0.4, -0.2) is 4.43 Å². The number of halogens is 1. The number of hydrogen-bond acceptors (Lipinski definition) is 0. The summed E-state index contributed by atoms with van der Waals surface area (Å²) in [5.74, 6) is 6.18. The van der Waals surface area contributed by atoms with Crippen molar-refractivity contribution in [2.45, 2.75) is 6.42 Å². The molecule has 0 bridgehead atoms. The van der Waals surface area contributed by atoms with Gasteiger partial charge in [-0.3, -0.25) is 0 Å². The molecule has 11 heavy (non-hydrogen) atoms. The molecule has 1 rings (SSSR count). The first kappa shape index (κ1) is 8.61. The van der Waals surface area contributed by atoms with Crippen molar-refractivity contribution < 1.29 is 0 Å². The summed E-state index contributed by atoms with van der Waals surface area (Å²) in [5.41, 5.74) is 1.11. The van der Waals surface area contributed by atoms with Gasteiger partial charge in [-0.1, -0.05) is 52.6 Å². The van der Waals surface area contributed by atoms with E-state index in [1.807, 2.05) is 30.3 Å². The maximum Gasteiger partial charge on any atom is 0.0245 e. The highest BCUT2D eigenvalue weighted by Crippen LogP contribution is 1.95. The van der Waals surface area contributed by atoms with Crippen LogP contribution in [0.5, 0.6) is 0 Å². The third-order valence-corrected chi connectivity index (χ3v) is 1.77. The van der Waals surface area contributed by atoms with Gasteiger partial charge >= 0.3 is 0 Å². The van der Waals surface area contributed by atoms with E-state index in [1.165, 1.54) is 0 Å². The summed E-state index contributed by atoms with van der Waals surface area (Å²) >= 11 is 2.33. The Balaban J connectivity index is 2.59. The Kier molecular flexibility index (Phi) is 4.07. The van der Waals surface area contributed by atoms with Gasteiger partial charge in [0.05, 0.1) is 0 Å². The minimum atomic E-state index is 0.982. The lowest BCUT2D eigenvalue weighted by Crippen LogP contribution is -1.71. The minimum Gasteiger partial charge on any atom is -0.0971 e. The fourth-order valence-electron chi connectivity index (χ4n) is 0.733. The van der Waals surface area contributed by atoms with Gasteiger partial charge in [-0.2, -0.15) is 0 Å². The Morgan fingerprint density at radius 2 is 1.91 bits per heavy atom. The van der Waals surface area contributed by atoms with Gasteiger partial charge in [-0.15, -0.1) is 0 Å². The molecular formula is C10H9I. The molecule has 0 atom stereocenters. The number of benzene rings is 1. The van der Waals surface area contributed by atoms with Crippen molar-refractivity contribution in [3.8, 4) is 11.8 Å². The molecule has 0 aliphatic rings. The SMILES string of the molecule is ICCC#Cc1ccccc1. The highest BCUT2D eigenvalue weighted by Gasteiger charge is 1.79. The predicted molar refractivity (Wildman–Crippen MR) is 56.8 cm³/mol. The zero-order valence-corrected chi connectivity index (χ0v) is 8.34. The molecule has 1 aromatic rings. The zero-order valence-electron chi connectivity index (χ0n) is 6.18. The molecule has 56 valence electrons. The van der Waals surface area contributed by atoms with Crippen LogP contribution in [0.1, 0.15) is 12.0 Å². The predicted octanol–water partition coefficient (Wildman–Crippen LogP) is 2.86. The summed E-state index contributed by atoms with van der Waals surface area (Å²) in [6.45, 7) is 0. The molecule has 0 fully saturated rings. The normalized spacial score (nSPS) is 8.45. The maximum absolute atomic E-state index is 3.09. The molecule has 0 aliphatic carbocycles. The van der Waals surface area contributed by atoms with Crippen molar-refractivity contribution in [2.24, 2.45) is 0 Å². The number of alkyl halides is 1. The van der Waals surface area contributed by atoms with E-state index in [9.17, 15) is 0 Å². The van der Waals surface area contributed by atoms with Crippen molar-refractivity contribution in [1.29, 1.82) is 0 Å². The summed E-state index contributed by atoms with van der Waals surface area (Å²) in [4.78, 5) is 0. The summed E-state index contributed by atoms with van der Waals surface area (Å²) in [7, 11) is 0. The molecule has 0 N–H and O–H groups in total. The van der Waals surface area contributed by atoms with Crippen LogP contribution in [0.15, 0.2) is 30.3 Å². The third kappa shape index (κ3) is 3.43. The fraction of sp³-hybridized carbons (Fsp3) is 0.200. The molecule has 0 unspecified atom stereocenters. The van der Waals surface area contributed by atoms with Crippen LogP contribution in [-0.2, 0) is 0 Å². The lowest BCUT2D eigenvalue weighted by Gasteiger charge is -1.85. The monoisotopic (exact) mass is 256 g/mol. The lowest BCUT2D eigenvalue weighted by atomic mass is 10.2. The van der Waals surface area contributed by atoms with Gasteiger partial charge in [0.15, 0.2) is 0 Å². The van der Waals surface area contributed by atoms with Gasteiger partial charge in [0.1, 0.15) is 0 Å². The average Bonchev–Trinajstić information content (AvgIpc) is 2.07.